The van der Waals surface area contributed by atoms with Crippen LogP contribution in [0.15, 0.2) is 35.5 Å². The highest BCUT2D eigenvalue weighted by Gasteiger charge is 2.24. The molecule has 0 unspecified atom stereocenters. The maximum absolute atomic E-state index is 12.5. The van der Waals surface area contributed by atoms with Gasteiger partial charge in [-0.05, 0) is 43.3 Å². The standard InChI is InChI=1S/C17H24N6OS/c1-17(2,3)23-16(18-19-20-23)25-13-15(24)22-11-9-21(10-12-22)14-7-5-4-6-8-14/h4-8H,9-13H2,1-3H3. The van der Waals surface area contributed by atoms with Gasteiger partial charge in [-0.25, -0.2) is 4.68 Å². The van der Waals surface area contributed by atoms with Crippen LogP contribution in [0.2, 0.25) is 0 Å². The van der Waals surface area contributed by atoms with Crippen LogP contribution in [0.25, 0.3) is 0 Å². The van der Waals surface area contributed by atoms with Crippen molar-refractivity contribution in [2.75, 3.05) is 36.8 Å². The number of thioether (sulfide) groups is 1. The average Bonchev–Trinajstić information content (AvgIpc) is 3.10. The number of nitrogens with zero attached hydrogens (tertiary/aromatic N) is 6. The minimum Gasteiger partial charge on any atom is -0.368 e. The van der Waals surface area contributed by atoms with Gasteiger partial charge in [0.2, 0.25) is 11.1 Å². The van der Waals surface area contributed by atoms with Crippen LogP contribution in [0.1, 0.15) is 20.8 Å². The molecule has 0 bridgehead atoms. The highest BCUT2D eigenvalue weighted by Crippen LogP contribution is 2.22. The number of hydrogen-bond donors (Lipinski definition) is 0. The Morgan fingerprint density at radius 3 is 2.44 bits per heavy atom. The molecule has 134 valence electrons. The molecule has 0 aliphatic carbocycles. The molecule has 1 aliphatic heterocycles. The van der Waals surface area contributed by atoms with Gasteiger partial charge in [0, 0.05) is 31.9 Å². The second kappa shape index (κ2) is 7.43. The molecule has 8 heteroatoms. The van der Waals surface area contributed by atoms with Gasteiger partial charge in [0.25, 0.3) is 0 Å². The minimum atomic E-state index is -0.198. The number of carbonyl (C=O) groups excluding carboxylic acids is 1. The maximum atomic E-state index is 12.5. The fourth-order valence-corrected chi connectivity index (χ4v) is 3.72. The average molecular weight is 360 g/mol. The molecule has 1 aromatic carbocycles. The summed E-state index contributed by atoms with van der Waals surface area (Å²) in [5.74, 6) is 0.503. The molecule has 7 nitrogen and oxygen atoms in total. The predicted octanol–water partition coefficient (Wildman–Crippen LogP) is 1.87. The Balaban J connectivity index is 1.51. The summed E-state index contributed by atoms with van der Waals surface area (Å²) in [6, 6.07) is 10.3. The lowest BCUT2D eigenvalue weighted by Gasteiger charge is -2.36. The Bertz CT molecular complexity index is 703. The summed E-state index contributed by atoms with van der Waals surface area (Å²) in [6.45, 7) is 9.34. The van der Waals surface area contributed by atoms with Gasteiger partial charge in [-0.2, -0.15) is 0 Å². The molecule has 1 aliphatic rings. The molecule has 1 amide bonds. The van der Waals surface area contributed by atoms with Crippen LogP contribution in [0.4, 0.5) is 5.69 Å². The number of aromatic nitrogens is 4. The summed E-state index contributed by atoms with van der Waals surface area (Å²) in [5, 5.41) is 12.5. The van der Waals surface area contributed by atoms with Crippen molar-refractivity contribution in [1.29, 1.82) is 0 Å². The van der Waals surface area contributed by atoms with E-state index < -0.39 is 0 Å². The van der Waals surface area contributed by atoms with Crippen molar-refractivity contribution in [3.8, 4) is 0 Å². The SMILES string of the molecule is CC(C)(C)n1nnnc1SCC(=O)N1CCN(c2ccccc2)CC1. The molecule has 0 spiro atoms. The van der Waals surface area contributed by atoms with Gasteiger partial charge in [0.05, 0.1) is 11.3 Å². The zero-order valence-corrected chi connectivity index (χ0v) is 15.7. The normalized spacial score (nSPS) is 15.5. The third-order valence-electron chi connectivity index (χ3n) is 4.15. The topological polar surface area (TPSA) is 67.2 Å². The van der Waals surface area contributed by atoms with Gasteiger partial charge >= 0.3 is 0 Å². The van der Waals surface area contributed by atoms with Crippen molar-refractivity contribution in [3.05, 3.63) is 30.3 Å². The van der Waals surface area contributed by atoms with E-state index in [0.29, 0.717) is 10.9 Å². The number of amides is 1. The van der Waals surface area contributed by atoms with Crippen LogP contribution in [0.5, 0.6) is 0 Å². The fourth-order valence-electron chi connectivity index (χ4n) is 2.76. The number of tetrazole rings is 1. The molecule has 1 aromatic heterocycles. The van der Waals surface area contributed by atoms with Gasteiger partial charge in [-0.3, -0.25) is 4.79 Å². The third-order valence-corrected chi connectivity index (χ3v) is 5.06. The van der Waals surface area contributed by atoms with Crippen molar-refractivity contribution < 1.29 is 4.79 Å². The second-order valence-electron chi connectivity index (χ2n) is 7.04. The number of anilines is 1. The summed E-state index contributed by atoms with van der Waals surface area (Å²) >= 11 is 1.40. The van der Waals surface area contributed by atoms with E-state index >= 15 is 0 Å². The Labute approximate surface area is 152 Å². The molecule has 1 fully saturated rings. The van der Waals surface area contributed by atoms with Crippen molar-refractivity contribution >= 4 is 23.4 Å². The highest BCUT2D eigenvalue weighted by atomic mass is 32.2. The fraction of sp³-hybridized carbons (Fsp3) is 0.529. The Morgan fingerprint density at radius 1 is 1.12 bits per heavy atom. The molecule has 2 heterocycles. The van der Waals surface area contributed by atoms with Gasteiger partial charge in [0.15, 0.2) is 0 Å². The van der Waals surface area contributed by atoms with E-state index in [4.69, 9.17) is 0 Å². The molecular weight excluding hydrogens is 336 g/mol. The molecule has 25 heavy (non-hydrogen) atoms. The summed E-state index contributed by atoms with van der Waals surface area (Å²) in [4.78, 5) is 16.8. The van der Waals surface area contributed by atoms with Crippen molar-refractivity contribution in [3.63, 3.8) is 0 Å². The Hall–Kier alpha value is -2.09. The molecule has 1 saturated heterocycles. The number of para-hydroxylation sites is 1. The molecule has 3 rings (SSSR count). The van der Waals surface area contributed by atoms with E-state index in [-0.39, 0.29) is 11.4 Å². The van der Waals surface area contributed by atoms with Crippen LogP contribution >= 0.6 is 11.8 Å². The number of rotatable bonds is 4. The monoisotopic (exact) mass is 360 g/mol. The molecular formula is C17H24N6OS. The Morgan fingerprint density at radius 2 is 1.80 bits per heavy atom. The number of benzene rings is 1. The quantitative estimate of drug-likeness (QED) is 0.776. The zero-order chi connectivity index (χ0) is 17.9. The van der Waals surface area contributed by atoms with E-state index in [1.54, 1.807) is 4.68 Å². The number of carbonyl (C=O) groups is 1. The minimum absolute atomic E-state index is 0.140. The maximum Gasteiger partial charge on any atom is 0.233 e. The van der Waals surface area contributed by atoms with Gasteiger partial charge in [-0.1, -0.05) is 30.0 Å². The molecule has 0 N–H and O–H groups in total. The first kappa shape index (κ1) is 17.7. The predicted molar refractivity (Wildman–Crippen MR) is 98.8 cm³/mol. The summed E-state index contributed by atoms with van der Waals surface area (Å²) in [7, 11) is 0. The van der Waals surface area contributed by atoms with Crippen LogP contribution in [-0.2, 0) is 10.3 Å². The van der Waals surface area contributed by atoms with Crippen LogP contribution < -0.4 is 4.90 Å². The van der Waals surface area contributed by atoms with Crippen LogP contribution in [-0.4, -0.2) is 62.9 Å². The first-order valence-corrected chi connectivity index (χ1v) is 9.43. The number of piperazine rings is 1. The van der Waals surface area contributed by atoms with Crippen molar-refractivity contribution in [2.45, 2.75) is 31.5 Å². The van der Waals surface area contributed by atoms with Gasteiger partial charge in [-0.15, -0.1) is 5.10 Å². The van der Waals surface area contributed by atoms with E-state index in [1.807, 2.05) is 43.9 Å². The van der Waals surface area contributed by atoms with Gasteiger partial charge in [0.1, 0.15) is 0 Å². The smallest absolute Gasteiger partial charge is 0.233 e. The number of hydrogen-bond acceptors (Lipinski definition) is 6. The lowest BCUT2D eigenvalue weighted by atomic mass is 10.1. The Kier molecular flexibility index (Phi) is 5.27. The molecule has 0 radical (unpaired) electrons. The van der Waals surface area contributed by atoms with Crippen LogP contribution in [0, 0.1) is 0 Å². The van der Waals surface area contributed by atoms with Crippen molar-refractivity contribution in [1.82, 2.24) is 25.1 Å². The molecule has 0 saturated carbocycles. The van der Waals surface area contributed by atoms with Gasteiger partial charge < -0.3 is 9.80 Å². The first-order valence-electron chi connectivity index (χ1n) is 8.44. The van der Waals surface area contributed by atoms with E-state index in [9.17, 15) is 4.79 Å². The lowest BCUT2D eigenvalue weighted by molar-refractivity contribution is -0.128. The van der Waals surface area contributed by atoms with Crippen molar-refractivity contribution in [2.24, 2.45) is 0 Å². The first-order chi connectivity index (χ1) is 11.9. The lowest BCUT2D eigenvalue weighted by Crippen LogP contribution is -2.49. The summed E-state index contributed by atoms with van der Waals surface area (Å²) in [6.07, 6.45) is 0. The van der Waals surface area contributed by atoms with E-state index in [2.05, 4.69) is 32.6 Å². The summed E-state index contributed by atoms with van der Waals surface area (Å²) < 4.78 is 1.76. The zero-order valence-electron chi connectivity index (χ0n) is 14.9. The van der Waals surface area contributed by atoms with E-state index in [0.717, 1.165) is 26.2 Å². The van der Waals surface area contributed by atoms with Crippen LogP contribution in [0.3, 0.4) is 0 Å². The summed E-state index contributed by atoms with van der Waals surface area (Å²) in [5.41, 5.74) is 1.02. The second-order valence-corrected chi connectivity index (χ2v) is 7.98. The van der Waals surface area contributed by atoms with E-state index in [1.165, 1.54) is 17.4 Å². The largest absolute Gasteiger partial charge is 0.368 e. The molecule has 0 atom stereocenters. The molecule has 2 aromatic rings. The third kappa shape index (κ3) is 4.31. The highest BCUT2D eigenvalue weighted by molar-refractivity contribution is 7.99.